The van der Waals surface area contributed by atoms with Crippen LogP contribution in [-0.4, -0.2) is 16.9 Å². The zero-order chi connectivity index (χ0) is 14.0. The summed E-state index contributed by atoms with van der Waals surface area (Å²) in [6, 6.07) is 5.97. The summed E-state index contributed by atoms with van der Waals surface area (Å²) >= 11 is 13.5. The molecule has 2 aromatic rings. The van der Waals surface area contributed by atoms with Gasteiger partial charge in [-0.1, -0.05) is 29.3 Å². The molecule has 0 bridgehead atoms. The molecular weight excluding hydrogens is 301 g/mol. The van der Waals surface area contributed by atoms with Gasteiger partial charge >= 0.3 is 0 Å². The molecule has 0 aliphatic rings. The molecule has 1 heterocycles. The first-order valence-corrected chi connectivity index (χ1v) is 7.40. The van der Waals surface area contributed by atoms with Crippen molar-refractivity contribution in [3.8, 4) is 0 Å². The Bertz CT molecular complexity index is 571. The predicted molar refractivity (Wildman–Crippen MR) is 82.9 cm³/mol. The third kappa shape index (κ3) is 3.60. The summed E-state index contributed by atoms with van der Waals surface area (Å²) in [6.07, 6.45) is 1.82. The Morgan fingerprint density at radius 1 is 1.37 bits per heavy atom. The van der Waals surface area contributed by atoms with Gasteiger partial charge in [0.1, 0.15) is 0 Å². The molecule has 1 unspecified atom stereocenters. The molecule has 0 saturated carbocycles. The van der Waals surface area contributed by atoms with E-state index in [-0.39, 0.29) is 6.04 Å². The number of halogens is 2. The number of hydrogen-bond donors (Lipinski definition) is 1. The zero-order valence-corrected chi connectivity index (χ0v) is 13.1. The Balaban J connectivity index is 2.09. The molecular formula is C13H15Cl2N3S. The molecule has 0 aliphatic heterocycles. The molecule has 1 aromatic heterocycles. The van der Waals surface area contributed by atoms with Gasteiger partial charge in [-0.15, -0.1) is 11.3 Å². The Morgan fingerprint density at radius 2 is 2.11 bits per heavy atom. The van der Waals surface area contributed by atoms with Crippen molar-refractivity contribution in [2.75, 3.05) is 12.8 Å². The Morgan fingerprint density at radius 3 is 2.68 bits per heavy atom. The second kappa shape index (κ2) is 6.09. The predicted octanol–water partition coefficient (Wildman–Crippen LogP) is 4.23. The lowest BCUT2D eigenvalue weighted by atomic mass is 10.1. The first kappa shape index (κ1) is 14.6. The first-order chi connectivity index (χ1) is 8.97. The second-order valence-corrected chi connectivity index (χ2v) is 6.39. The minimum Gasteiger partial charge on any atom is -0.375 e. The van der Waals surface area contributed by atoms with Crippen LogP contribution in [0.4, 0.5) is 5.13 Å². The van der Waals surface area contributed by atoms with E-state index in [0.717, 1.165) is 17.0 Å². The van der Waals surface area contributed by atoms with E-state index in [1.54, 1.807) is 0 Å². The highest BCUT2D eigenvalue weighted by Crippen LogP contribution is 2.28. The van der Waals surface area contributed by atoms with Gasteiger partial charge in [0.2, 0.25) is 0 Å². The van der Waals surface area contributed by atoms with Crippen molar-refractivity contribution in [3.63, 3.8) is 0 Å². The average molecular weight is 316 g/mol. The summed E-state index contributed by atoms with van der Waals surface area (Å²) < 4.78 is 0. The Labute approximate surface area is 127 Å². The lowest BCUT2D eigenvalue weighted by Crippen LogP contribution is -2.21. The van der Waals surface area contributed by atoms with Crippen LogP contribution in [-0.2, 0) is 6.54 Å². The van der Waals surface area contributed by atoms with Crippen LogP contribution < -0.4 is 5.73 Å². The lowest BCUT2D eigenvalue weighted by Gasteiger charge is -2.24. The van der Waals surface area contributed by atoms with Crippen LogP contribution in [0.5, 0.6) is 0 Å². The van der Waals surface area contributed by atoms with Crippen LogP contribution >= 0.6 is 34.5 Å². The van der Waals surface area contributed by atoms with Gasteiger partial charge in [-0.3, -0.25) is 4.90 Å². The van der Waals surface area contributed by atoms with Crippen molar-refractivity contribution in [2.45, 2.75) is 19.5 Å². The molecule has 0 saturated heterocycles. The highest BCUT2D eigenvalue weighted by Gasteiger charge is 2.14. The monoisotopic (exact) mass is 315 g/mol. The van der Waals surface area contributed by atoms with E-state index in [2.05, 4.69) is 23.9 Å². The smallest absolute Gasteiger partial charge is 0.180 e. The summed E-state index contributed by atoms with van der Waals surface area (Å²) in [5, 5.41) is 1.77. The van der Waals surface area contributed by atoms with E-state index in [9.17, 15) is 0 Å². The molecule has 0 radical (unpaired) electrons. The topological polar surface area (TPSA) is 42.2 Å². The third-order valence-corrected chi connectivity index (χ3v) is 4.61. The normalized spacial score (nSPS) is 12.9. The third-order valence-electron chi connectivity index (χ3n) is 3.06. The second-order valence-electron chi connectivity index (χ2n) is 4.43. The van der Waals surface area contributed by atoms with Crippen molar-refractivity contribution in [2.24, 2.45) is 0 Å². The molecule has 0 spiro atoms. The fourth-order valence-electron chi connectivity index (χ4n) is 1.81. The molecule has 3 nitrogen and oxygen atoms in total. The maximum absolute atomic E-state index is 6.05. The Hall–Kier alpha value is -0.810. The molecule has 1 atom stereocenters. The van der Waals surface area contributed by atoms with E-state index in [1.807, 2.05) is 24.4 Å². The van der Waals surface area contributed by atoms with E-state index in [0.29, 0.717) is 15.2 Å². The van der Waals surface area contributed by atoms with E-state index >= 15 is 0 Å². The average Bonchev–Trinajstić information content (AvgIpc) is 2.77. The molecule has 0 amide bonds. The van der Waals surface area contributed by atoms with E-state index < -0.39 is 0 Å². The molecule has 0 aliphatic carbocycles. The van der Waals surface area contributed by atoms with Gasteiger partial charge < -0.3 is 5.73 Å². The number of nitrogen functional groups attached to an aromatic ring is 1. The maximum Gasteiger partial charge on any atom is 0.180 e. The molecule has 0 fully saturated rings. The van der Waals surface area contributed by atoms with Crippen LogP contribution in [0.25, 0.3) is 0 Å². The van der Waals surface area contributed by atoms with Crippen molar-refractivity contribution in [3.05, 3.63) is 44.9 Å². The van der Waals surface area contributed by atoms with E-state index in [1.165, 1.54) is 11.3 Å². The number of nitrogens with two attached hydrogens (primary N) is 1. The maximum atomic E-state index is 6.05. The first-order valence-electron chi connectivity index (χ1n) is 5.82. The fourth-order valence-corrected chi connectivity index (χ4v) is 2.86. The van der Waals surface area contributed by atoms with Gasteiger partial charge in [0.15, 0.2) is 5.13 Å². The SMILES string of the molecule is CC(c1ccc(Cl)c(Cl)c1)N(C)Cc1cnc(N)s1. The largest absolute Gasteiger partial charge is 0.375 e. The minimum absolute atomic E-state index is 0.234. The van der Waals surface area contributed by atoms with Gasteiger partial charge in [0.05, 0.1) is 10.0 Å². The van der Waals surface area contributed by atoms with Crippen molar-refractivity contribution >= 4 is 39.7 Å². The number of aromatic nitrogens is 1. The van der Waals surface area contributed by atoms with Gasteiger partial charge in [0, 0.05) is 23.7 Å². The van der Waals surface area contributed by atoms with Crippen LogP contribution in [0.3, 0.4) is 0 Å². The number of nitrogens with zero attached hydrogens (tertiary/aromatic N) is 2. The van der Waals surface area contributed by atoms with E-state index in [4.69, 9.17) is 28.9 Å². The molecule has 102 valence electrons. The van der Waals surface area contributed by atoms with Gasteiger partial charge in [0.25, 0.3) is 0 Å². The van der Waals surface area contributed by atoms with Crippen molar-refractivity contribution in [1.82, 2.24) is 9.88 Å². The summed E-state index contributed by atoms with van der Waals surface area (Å²) in [4.78, 5) is 7.42. The molecule has 19 heavy (non-hydrogen) atoms. The highest BCUT2D eigenvalue weighted by molar-refractivity contribution is 7.15. The quantitative estimate of drug-likeness (QED) is 0.918. The van der Waals surface area contributed by atoms with Crippen LogP contribution in [0.15, 0.2) is 24.4 Å². The van der Waals surface area contributed by atoms with Gasteiger partial charge in [-0.2, -0.15) is 0 Å². The minimum atomic E-state index is 0.234. The lowest BCUT2D eigenvalue weighted by molar-refractivity contribution is 0.255. The highest BCUT2D eigenvalue weighted by atomic mass is 35.5. The summed E-state index contributed by atoms with van der Waals surface area (Å²) in [5.41, 5.74) is 6.77. The van der Waals surface area contributed by atoms with Crippen LogP contribution in [0.1, 0.15) is 23.4 Å². The molecule has 2 N–H and O–H groups in total. The Kier molecular flexibility index (Phi) is 4.68. The van der Waals surface area contributed by atoms with Gasteiger partial charge in [-0.25, -0.2) is 4.98 Å². The fraction of sp³-hybridized carbons (Fsp3) is 0.308. The summed E-state index contributed by atoms with van der Waals surface area (Å²) in [7, 11) is 2.06. The summed E-state index contributed by atoms with van der Waals surface area (Å²) in [6.45, 7) is 2.93. The summed E-state index contributed by atoms with van der Waals surface area (Å²) in [5.74, 6) is 0. The van der Waals surface area contributed by atoms with Gasteiger partial charge in [-0.05, 0) is 31.7 Å². The van der Waals surface area contributed by atoms with Crippen LogP contribution in [0.2, 0.25) is 10.0 Å². The number of hydrogen-bond acceptors (Lipinski definition) is 4. The van der Waals surface area contributed by atoms with Crippen molar-refractivity contribution < 1.29 is 0 Å². The number of benzene rings is 1. The van der Waals surface area contributed by atoms with Crippen LogP contribution in [0, 0.1) is 0 Å². The molecule has 2 rings (SSSR count). The zero-order valence-electron chi connectivity index (χ0n) is 10.7. The molecule has 6 heteroatoms. The molecule has 1 aromatic carbocycles. The van der Waals surface area contributed by atoms with Crippen molar-refractivity contribution in [1.29, 1.82) is 0 Å². The number of thiazole rings is 1. The number of rotatable bonds is 4. The number of anilines is 1. The standard InChI is InChI=1S/C13H15Cl2N3S/c1-8(9-3-4-11(14)12(15)5-9)18(2)7-10-6-17-13(16)19-10/h3-6,8H,7H2,1-2H3,(H2,16,17).